The summed E-state index contributed by atoms with van der Waals surface area (Å²) in [7, 11) is 0. The molecule has 0 aromatic rings. The van der Waals surface area contributed by atoms with Gasteiger partial charge in [0.05, 0.1) is 12.1 Å². The normalized spacial score (nSPS) is 38.2. The van der Waals surface area contributed by atoms with E-state index in [9.17, 15) is 4.55 Å². The van der Waals surface area contributed by atoms with Crippen LogP contribution in [0.1, 0.15) is 47.5 Å². The van der Waals surface area contributed by atoms with Crippen LogP contribution in [-0.2, 0) is 11.4 Å². The van der Waals surface area contributed by atoms with Crippen molar-refractivity contribution in [2.24, 2.45) is 11.8 Å². The second-order valence-electron chi connectivity index (χ2n) is 6.28. The monoisotopic (exact) mass is 229 g/mol. The van der Waals surface area contributed by atoms with E-state index in [0.29, 0.717) is 18.0 Å². The van der Waals surface area contributed by atoms with E-state index in [1.807, 2.05) is 0 Å². The maximum absolute atomic E-state index is 12.3. The molecule has 0 bridgehead atoms. The minimum atomic E-state index is -0.806. The van der Waals surface area contributed by atoms with Crippen LogP contribution in [0, 0.1) is 11.8 Å². The molecule has 0 aromatic heterocycles. The van der Waals surface area contributed by atoms with Crippen molar-refractivity contribution in [1.29, 1.82) is 0 Å². The maximum atomic E-state index is 12.3. The lowest BCUT2D eigenvalue weighted by Crippen LogP contribution is -2.35. The Morgan fingerprint density at radius 1 is 1.27 bits per heavy atom. The highest BCUT2D eigenvalue weighted by Crippen LogP contribution is 2.52. The molecule has 1 saturated carbocycles. The Morgan fingerprint density at radius 2 is 1.80 bits per heavy atom. The van der Waals surface area contributed by atoms with E-state index in [1.54, 1.807) is 0 Å². The molecule has 0 N–H and O–H groups in total. The van der Waals surface area contributed by atoms with Crippen molar-refractivity contribution in [3.8, 4) is 0 Å². The molecule has 88 valence electrons. The fourth-order valence-electron chi connectivity index (χ4n) is 2.40. The van der Waals surface area contributed by atoms with Crippen LogP contribution in [0.25, 0.3) is 0 Å². The SMILES string of the molecule is CC(C)C1C(C2CC2)N1[S+]([O-])C(C)(C)C. The summed E-state index contributed by atoms with van der Waals surface area (Å²) in [6, 6.07) is 1.21. The van der Waals surface area contributed by atoms with Gasteiger partial charge in [0.1, 0.15) is 4.75 Å². The second kappa shape index (κ2) is 3.64. The van der Waals surface area contributed by atoms with E-state index in [-0.39, 0.29) is 4.75 Å². The molecule has 2 rings (SSSR count). The standard InChI is InChI=1S/C12H23NOS/c1-8(2)10-11(9-6-7-9)13(10)15(14)12(3,4)5/h8-11H,6-7H2,1-5H3. The number of hydrogen-bond acceptors (Lipinski definition) is 2. The predicted molar refractivity (Wildman–Crippen MR) is 64.9 cm³/mol. The van der Waals surface area contributed by atoms with Gasteiger partial charge in [-0.2, -0.15) is 0 Å². The average Bonchev–Trinajstić information content (AvgIpc) is 2.94. The maximum Gasteiger partial charge on any atom is 0.137 e. The average molecular weight is 229 g/mol. The summed E-state index contributed by atoms with van der Waals surface area (Å²) in [6.45, 7) is 10.7. The quantitative estimate of drug-likeness (QED) is 0.549. The summed E-state index contributed by atoms with van der Waals surface area (Å²) in [5.41, 5.74) is 0. The largest absolute Gasteiger partial charge is 0.597 e. The van der Waals surface area contributed by atoms with Crippen LogP contribution in [0.5, 0.6) is 0 Å². The first-order chi connectivity index (χ1) is 6.84. The molecule has 0 aromatic carbocycles. The molecule has 15 heavy (non-hydrogen) atoms. The molecule has 4 atom stereocenters. The molecule has 0 amide bonds. The lowest BCUT2D eigenvalue weighted by molar-refractivity contribution is 0.487. The Morgan fingerprint density at radius 3 is 2.13 bits per heavy atom. The summed E-state index contributed by atoms with van der Waals surface area (Å²) in [5.74, 6) is 1.49. The number of rotatable bonds is 3. The van der Waals surface area contributed by atoms with Gasteiger partial charge >= 0.3 is 0 Å². The van der Waals surface area contributed by atoms with E-state index in [0.717, 1.165) is 5.92 Å². The van der Waals surface area contributed by atoms with E-state index in [2.05, 4.69) is 38.9 Å². The molecule has 1 aliphatic carbocycles. The fraction of sp³-hybridized carbons (Fsp3) is 1.00. The van der Waals surface area contributed by atoms with Crippen LogP contribution in [0.4, 0.5) is 0 Å². The van der Waals surface area contributed by atoms with Crippen LogP contribution >= 0.6 is 0 Å². The lowest BCUT2D eigenvalue weighted by Gasteiger charge is -2.25. The van der Waals surface area contributed by atoms with Crippen molar-refractivity contribution < 1.29 is 4.55 Å². The van der Waals surface area contributed by atoms with Gasteiger partial charge in [-0.3, -0.25) is 0 Å². The van der Waals surface area contributed by atoms with Gasteiger partial charge in [-0.05, 0) is 45.4 Å². The third-order valence-corrected chi connectivity index (χ3v) is 5.27. The van der Waals surface area contributed by atoms with Gasteiger partial charge in [-0.15, -0.1) is 4.31 Å². The topological polar surface area (TPSA) is 26.1 Å². The summed E-state index contributed by atoms with van der Waals surface area (Å²) in [5, 5.41) is 0. The first-order valence-corrected chi connectivity index (χ1v) is 7.15. The van der Waals surface area contributed by atoms with Crippen LogP contribution < -0.4 is 0 Å². The second-order valence-corrected chi connectivity index (χ2v) is 8.43. The predicted octanol–water partition coefficient (Wildman–Crippen LogP) is 2.57. The summed E-state index contributed by atoms with van der Waals surface area (Å²) in [4.78, 5) is 0. The first-order valence-electron chi connectivity index (χ1n) is 6.04. The Bertz CT molecular complexity index is 236. The zero-order chi connectivity index (χ0) is 11.4. The van der Waals surface area contributed by atoms with Gasteiger partial charge in [-0.1, -0.05) is 13.8 Å². The summed E-state index contributed by atoms with van der Waals surface area (Å²) in [6.07, 6.45) is 2.71. The van der Waals surface area contributed by atoms with Crippen LogP contribution in [0.15, 0.2) is 0 Å². The molecule has 2 fully saturated rings. The van der Waals surface area contributed by atoms with Crippen molar-refractivity contribution >= 4 is 11.4 Å². The highest BCUT2D eigenvalue weighted by molar-refractivity contribution is 7.90. The molecule has 0 spiro atoms. The van der Waals surface area contributed by atoms with Crippen LogP contribution in [-0.4, -0.2) is 25.7 Å². The summed E-state index contributed by atoms with van der Waals surface area (Å²) >= 11 is -0.806. The van der Waals surface area contributed by atoms with Crippen LogP contribution in [0.3, 0.4) is 0 Å². The molecule has 4 unspecified atom stereocenters. The van der Waals surface area contributed by atoms with Gasteiger partial charge < -0.3 is 4.55 Å². The Hall–Kier alpha value is 0.270. The van der Waals surface area contributed by atoms with Crippen molar-refractivity contribution in [1.82, 2.24) is 4.31 Å². The Labute approximate surface area is 96.7 Å². The molecule has 2 nitrogen and oxygen atoms in total. The minimum absolute atomic E-state index is 0.100. The highest BCUT2D eigenvalue weighted by Gasteiger charge is 2.64. The number of nitrogens with zero attached hydrogens (tertiary/aromatic N) is 1. The van der Waals surface area contributed by atoms with Crippen LogP contribution in [0.2, 0.25) is 0 Å². The molecule has 1 saturated heterocycles. The Kier molecular flexibility index (Phi) is 2.85. The van der Waals surface area contributed by atoms with Crippen molar-refractivity contribution in [2.45, 2.75) is 64.3 Å². The van der Waals surface area contributed by atoms with Crippen molar-refractivity contribution in [3.05, 3.63) is 0 Å². The molecule has 0 radical (unpaired) electrons. The lowest BCUT2D eigenvalue weighted by atomic mass is 10.1. The van der Waals surface area contributed by atoms with E-state index >= 15 is 0 Å². The molecular weight excluding hydrogens is 206 g/mol. The van der Waals surface area contributed by atoms with Crippen molar-refractivity contribution in [2.75, 3.05) is 0 Å². The highest BCUT2D eigenvalue weighted by atomic mass is 32.2. The zero-order valence-corrected chi connectivity index (χ0v) is 11.3. The van der Waals surface area contributed by atoms with Crippen molar-refractivity contribution in [3.63, 3.8) is 0 Å². The van der Waals surface area contributed by atoms with Gasteiger partial charge in [0.15, 0.2) is 0 Å². The van der Waals surface area contributed by atoms with E-state index in [1.165, 1.54) is 12.8 Å². The number of hydrogen-bond donors (Lipinski definition) is 0. The smallest absolute Gasteiger partial charge is 0.137 e. The molecular formula is C12H23NOS. The molecule has 1 heterocycles. The van der Waals surface area contributed by atoms with E-state index in [4.69, 9.17) is 0 Å². The third-order valence-electron chi connectivity index (χ3n) is 3.35. The summed E-state index contributed by atoms with van der Waals surface area (Å²) < 4.78 is 14.5. The van der Waals surface area contributed by atoms with E-state index < -0.39 is 11.4 Å². The van der Waals surface area contributed by atoms with Gasteiger partial charge in [0, 0.05) is 11.4 Å². The van der Waals surface area contributed by atoms with Gasteiger partial charge in [-0.25, -0.2) is 0 Å². The molecule has 1 aliphatic heterocycles. The zero-order valence-electron chi connectivity index (χ0n) is 10.5. The fourth-order valence-corrected chi connectivity index (χ4v) is 4.08. The molecule has 2 aliphatic rings. The first kappa shape index (κ1) is 11.7. The van der Waals surface area contributed by atoms with Gasteiger partial charge in [0.2, 0.25) is 0 Å². The minimum Gasteiger partial charge on any atom is -0.597 e. The van der Waals surface area contributed by atoms with Gasteiger partial charge in [0.25, 0.3) is 0 Å². The molecule has 3 heteroatoms. The Balaban J connectivity index is 2.03. The third kappa shape index (κ3) is 2.20.